The van der Waals surface area contributed by atoms with Crippen molar-refractivity contribution in [2.45, 2.75) is 33.4 Å². The highest BCUT2D eigenvalue weighted by atomic mass is 16.6. The van der Waals surface area contributed by atoms with Crippen LogP contribution < -0.4 is 5.48 Å². The number of nitrogens with zero attached hydrogens (tertiary/aromatic N) is 2. The van der Waals surface area contributed by atoms with Crippen LogP contribution in [0.1, 0.15) is 26.0 Å². The number of hydroxylamine groups is 1. The fourth-order valence-corrected chi connectivity index (χ4v) is 1.15. The van der Waals surface area contributed by atoms with Crippen LogP contribution in [0.4, 0.5) is 0 Å². The van der Waals surface area contributed by atoms with Crippen molar-refractivity contribution in [1.82, 2.24) is 15.3 Å². The molecule has 0 aromatic carbocycles. The average Bonchev–Trinajstić information content (AvgIpc) is 2.54. The van der Waals surface area contributed by atoms with E-state index in [2.05, 4.69) is 17.5 Å². The maximum Gasteiger partial charge on any atom is 0.0654 e. The van der Waals surface area contributed by atoms with Crippen LogP contribution in [-0.2, 0) is 17.9 Å². The first-order valence-corrected chi connectivity index (χ1v) is 4.73. The first-order valence-electron chi connectivity index (χ1n) is 4.73. The van der Waals surface area contributed by atoms with Crippen LogP contribution in [0.5, 0.6) is 0 Å². The molecule has 1 aromatic rings. The van der Waals surface area contributed by atoms with Crippen molar-refractivity contribution in [2.75, 3.05) is 6.61 Å². The first kappa shape index (κ1) is 10.2. The molecule has 0 aliphatic heterocycles. The molecule has 0 bridgehead atoms. The van der Waals surface area contributed by atoms with Gasteiger partial charge in [-0.15, -0.1) is 0 Å². The Balaban J connectivity index is 2.40. The number of rotatable bonds is 6. The Kier molecular flexibility index (Phi) is 4.49. The quantitative estimate of drug-likeness (QED) is 0.534. The monoisotopic (exact) mass is 183 g/mol. The van der Waals surface area contributed by atoms with E-state index < -0.39 is 0 Å². The average molecular weight is 183 g/mol. The molecule has 1 N–H and O–H groups in total. The molecule has 1 heterocycles. The van der Waals surface area contributed by atoms with Gasteiger partial charge >= 0.3 is 0 Å². The second-order valence-corrected chi connectivity index (χ2v) is 2.80. The molecule has 4 heteroatoms. The molecular formula is C9H17N3O. The van der Waals surface area contributed by atoms with E-state index in [-0.39, 0.29) is 0 Å². The predicted molar refractivity (Wildman–Crippen MR) is 51.0 cm³/mol. The summed E-state index contributed by atoms with van der Waals surface area (Å²) >= 11 is 0. The summed E-state index contributed by atoms with van der Waals surface area (Å²) < 4.78 is 1.99. The third kappa shape index (κ3) is 3.16. The standard InChI is InChI=1S/C9H17N3O/c1-3-7-12-9(5-6-10-12)8-11-13-4-2/h5-6,11H,3-4,7-8H2,1-2H3. The Morgan fingerprint density at radius 2 is 2.38 bits per heavy atom. The Hall–Kier alpha value is -0.870. The van der Waals surface area contributed by atoms with Crippen LogP contribution in [0.15, 0.2) is 12.3 Å². The summed E-state index contributed by atoms with van der Waals surface area (Å²) in [7, 11) is 0. The van der Waals surface area contributed by atoms with Crippen molar-refractivity contribution in [3.05, 3.63) is 18.0 Å². The number of nitrogens with one attached hydrogen (secondary N) is 1. The highest BCUT2D eigenvalue weighted by Crippen LogP contribution is 1.99. The summed E-state index contributed by atoms with van der Waals surface area (Å²) in [5, 5.41) is 4.21. The van der Waals surface area contributed by atoms with Crippen LogP contribution in [-0.4, -0.2) is 16.4 Å². The number of aryl methyl sites for hydroxylation is 1. The molecule has 74 valence electrons. The van der Waals surface area contributed by atoms with Gasteiger partial charge in [-0.1, -0.05) is 6.92 Å². The smallest absolute Gasteiger partial charge is 0.0654 e. The fourth-order valence-electron chi connectivity index (χ4n) is 1.15. The number of hydrogen-bond acceptors (Lipinski definition) is 3. The summed E-state index contributed by atoms with van der Waals surface area (Å²) in [6, 6.07) is 2.00. The van der Waals surface area contributed by atoms with Crippen LogP contribution in [0.2, 0.25) is 0 Å². The van der Waals surface area contributed by atoms with Gasteiger partial charge in [-0.25, -0.2) is 0 Å². The van der Waals surface area contributed by atoms with E-state index >= 15 is 0 Å². The molecule has 4 nitrogen and oxygen atoms in total. The van der Waals surface area contributed by atoms with Gasteiger partial charge in [0.2, 0.25) is 0 Å². The van der Waals surface area contributed by atoms with Gasteiger partial charge in [0.05, 0.1) is 18.8 Å². The SMILES string of the molecule is CCCn1nccc1CNOCC. The Morgan fingerprint density at radius 3 is 3.08 bits per heavy atom. The molecule has 0 saturated carbocycles. The topological polar surface area (TPSA) is 39.1 Å². The molecule has 0 radical (unpaired) electrons. The van der Waals surface area contributed by atoms with Crippen molar-refractivity contribution in [1.29, 1.82) is 0 Å². The van der Waals surface area contributed by atoms with Crippen LogP contribution >= 0.6 is 0 Å². The molecule has 1 aromatic heterocycles. The minimum absolute atomic E-state index is 0.682. The van der Waals surface area contributed by atoms with Crippen LogP contribution in [0, 0.1) is 0 Å². The van der Waals surface area contributed by atoms with Gasteiger partial charge in [0, 0.05) is 12.7 Å². The van der Waals surface area contributed by atoms with E-state index in [9.17, 15) is 0 Å². The molecule has 1 rings (SSSR count). The molecule has 0 unspecified atom stereocenters. The van der Waals surface area contributed by atoms with Gasteiger partial charge in [-0.05, 0) is 19.4 Å². The zero-order chi connectivity index (χ0) is 9.52. The van der Waals surface area contributed by atoms with Gasteiger partial charge in [-0.2, -0.15) is 10.6 Å². The van der Waals surface area contributed by atoms with Crippen LogP contribution in [0.3, 0.4) is 0 Å². The molecule has 0 saturated heterocycles. The first-order chi connectivity index (χ1) is 6.38. The zero-order valence-electron chi connectivity index (χ0n) is 8.29. The molecule has 13 heavy (non-hydrogen) atoms. The lowest BCUT2D eigenvalue weighted by Gasteiger charge is -2.06. The molecule has 0 aliphatic carbocycles. The summed E-state index contributed by atoms with van der Waals surface area (Å²) in [5.74, 6) is 0. The highest BCUT2D eigenvalue weighted by Gasteiger charge is 1.99. The lowest BCUT2D eigenvalue weighted by Crippen LogP contribution is -2.17. The molecular weight excluding hydrogens is 166 g/mol. The maximum absolute atomic E-state index is 5.05. The zero-order valence-corrected chi connectivity index (χ0v) is 8.29. The summed E-state index contributed by atoms with van der Waals surface area (Å²) in [5.41, 5.74) is 4.04. The third-order valence-electron chi connectivity index (χ3n) is 1.74. The lowest BCUT2D eigenvalue weighted by atomic mass is 10.4. The van der Waals surface area contributed by atoms with Crippen molar-refractivity contribution >= 4 is 0 Å². The summed E-state index contributed by atoms with van der Waals surface area (Å²) in [6.07, 6.45) is 2.92. The Labute approximate surface area is 78.8 Å². The van der Waals surface area contributed by atoms with Crippen molar-refractivity contribution in [2.24, 2.45) is 0 Å². The van der Waals surface area contributed by atoms with Gasteiger partial charge in [0.1, 0.15) is 0 Å². The van der Waals surface area contributed by atoms with Crippen molar-refractivity contribution in [3.8, 4) is 0 Å². The molecule has 0 aliphatic rings. The predicted octanol–water partition coefficient (Wildman–Crippen LogP) is 1.33. The van der Waals surface area contributed by atoms with Crippen LogP contribution in [0.25, 0.3) is 0 Å². The maximum atomic E-state index is 5.05. The molecule has 0 spiro atoms. The normalized spacial score (nSPS) is 10.6. The largest absolute Gasteiger partial charge is 0.302 e. The highest BCUT2D eigenvalue weighted by molar-refractivity contribution is 4.99. The lowest BCUT2D eigenvalue weighted by molar-refractivity contribution is 0.0447. The van der Waals surface area contributed by atoms with E-state index in [1.165, 1.54) is 0 Å². The summed E-state index contributed by atoms with van der Waals surface area (Å²) in [4.78, 5) is 5.05. The van der Waals surface area contributed by atoms with Crippen molar-refractivity contribution in [3.63, 3.8) is 0 Å². The molecule has 0 amide bonds. The number of hydrogen-bond donors (Lipinski definition) is 1. The second kappa shape index (κ2) is 5.72. The van der Waals surface area contributed by atoms with Crippen molar-refractivity contribution < 1.29 is 4.84 Å². The van der Waals surface area contributed by atoms with E-state index in [1.54, 1.807) is 0 Å². The number of aromatic nitrogens is 2. The van der Waals surface area contributed by atoms with Gasteiger partial charge in [-0.3, -0.25) is 4.68 Å². The molecule has 0 atom stereocenters. The van der Waals surface area contributed by atoms with E-state index in [1.807, 2.05) is 23.9 Å². The van der Waals surface area contributed by atoms with Gasteiger partial charge in [0.15, 0.2) is 0 Å². The minimum Gasteiger partial charge on any atom is -0.302 e. The van der Waals surface area contributed by atoms with Gasteiger partial charge in [0.25, 0.3) is 0 Å². The van der Waals surface area contributed by atoms with E-state index in [4.69, 9.17) is 4.84 Å². The third-order valence-corrected chi connectivity index (χ3v) is 1.74. The second-order valence-electron chi connectivity index (χ2n) is 2.80. The Bertz CT molecular complexity index is 235. The van der Waals surface area contributed by atoms with Gasteiger partial charge < -0.3 is 4.84 Å². The Morgan fingerprint density at radius 1 is 1.54 bits per heavy atom. The summed E-state index contributed by atoms with van der Waals surface area (Å²) in [6.45, 7) is 6.46. The minimum atomic E-state index is 0.682. The van der Waals surface area contributed by atoms with E-state index in [0.29, 0.717) is 13.2 Å². The fraction of sp³-hybridized carbons (Fsp3) is 0.667. The molecule has 0 fully saturated rings. The van der Waals surface area contributed by atoms with E-state index in [0.717, 1.165) is 18.7 Å².